The number of rotatable bonds is 3. The third-order valence-electron chi connectivity index (χ3n) is 5.49. The van der Waals surface area contributed by atoms with Gasteiger partial charge in [0.15, 0.2) is 0 Å². The Balaban J connectivity index is 1.39. The van der Waals surface area contributed by atoms with Crippen LogP contribution in [0.2, 0.25) is 10.0 Å². The first kappa shape index (κ1) is 16.3. The summed E-state index contributed by atoms with van der Waals surface area (Å²) in [6.45, 7) is 0.467. The number of ether oxygens (including phenoxy) is 1. The number of aromatic nitrogens is 2. The first-order valence-corrected chi connectivity index (χ1v) is 9.28. The van der Waals surface area contributed by atoms with Crippen molar-refractivity contribution in [3.63, 3.8) is 0 Å². The molecule has 2 aromatic rings. The lowest BCUT2D eigenvalue weighted by atomic mass is 9.81. The van der Waals surface area contributed by atoms with Crippen LogP contribution in [0, 0.1) is 11.8 Å². The maximum atomic E-state index is 12.8. The fourth-order valence-electron chi connectivity index (χ4n) is 4.35. The second-order valence-corrected chi connectivity index (χ2v) is 7.81. The Labute approximate surface area is 159 Å². The van der Waals surface area contributed by atoms with Crippen LogP contribution in [0.3, 0.4) is 0 Å². The maximum Gasteiger partial charge on any atom is 0.240 e. The van der Waals surface area contributed by atoms with E-state index >= 15 is 0 Å². The van der Waals surface area contributed by atoms with Crippen LogP contribution in [0.25, 0.3) is 0 Å². The van der Waals surface area contributed by atoms with Gasteiger partial charge in [0.25, 0.3) is 0 Å². The molecule has 3 saturated heterocycles. The molecule has 0 spiro atoms. The molecule has 6 nitrogen and oxygen atoms in total. The van der Waals surface area contributed by atoms with Crippen LogP contribution >= 0.6 is 23.2 Å². The molecule has 0 N–H and O–H groups in total. The number of nitrogens with zero attached hydrogens (tertiary/aromatic N) is 3. The minimum absolute atomic E-state index is 0.113. The van der Waals surface area contributed by atoms with Crippen LogP contribution < -0.4 is 4.90 Å². The highest BCUT2D eigenvalue weighted by atomic mass is 35.5. The zero-order chi connectivity index (χ0) is 18.0. The Hall–Kier alpha value is -1.89. The summed E-state index contributed by atoms with van der Waals surface area (Å²) in [4.78, 5) is 26.9. The predicted octanol–water partition coefficient (Wildman–Crippen LogP) is 2.91. The molecule has 3 fully saturated rings. The van der Waals surface area contributed by atoms with E-state index in [4.69, 9.17) is 27.9 Å². The summed E-state index contributed by atoms with van der Waals surface area (Å²) >= 11 is 12.0. The van der Waals surface area contributed by atoms with Gasteiger partial charge in [-0.05, 0) is 30.5 Å². The van der Waals surface area contributed by atoms with E-state index in [1.165, 1.54) is 4.90 Å². The fourth-order valence-corrected chi connectivity index (χ4v) is 4.67. The Bertz CT molecular complexity index is 900. The maximum absolute atomic E-state index is 12.8. The zero-order valence-corrected chi connectivity index (χ0v) is 15.2. The number of halogens is 2. The first-order valence-electron chi connectivity index (χ1n) is 8.52. The molecule has 0 unspecified atom stereocenters. The number of anilines is 1. The lowest BCUT2D eigenvalue weighted by molar-refractivity contribution is -0.124. The average molecular weight is 392 g/mol. The van der Waals surface area contributed by atoms with Crippen LogP contribution in [0.15, 0.2) is 30.6 Å². The molecule has 4 heterocycles. The van der Waals surface area contributed by atoms with Crippen LogP contribution in [0.4, 0.5) is 5.69 Å². The molecule has 1 aromatic heterocycles. The summed E-state index contributed by atoms with van der Waals surface area (Å²) in [5, 5.41) is 5.26. The van der Waals surface area contributed by atoms with Gasteiger partial charge < -0.3 is 4.74 Å². The monoisotopic (exact) mass is 391 g/mol. The van der Waals surface area contributed by atoms with E-state index in [2.05, 4.69) is 5.10 Å². The van der Waals surface area contributed by atoms with Gasteiger partial charge in [0.05, 0.1) is 52.5 Å². The number of hydrogen-bond donors (Lipinski definition) is 0. The van der Waals surface area contributed by atoms with Gasteiger partial charge >= 0.3 is 0 Å². The van der Waals surface area contributed by atoms with E-state index in [9.17, 15) is 9.59 Å². The van der Waals surface area contributed by atoms with Gasteiger partial charge in [0, 0.05) is 6.20 Å². The quantitative estimate of drug-likeness (QED) is 0.754. The van der Waals surface area contributed by atoms with Gasteiger partial charge in [-0.3, -0.25) is 14.3 Å². The summed E-state index contributed by atoms with van der Waals surface area (Å²) in [7, 11) is 0. The molecule has 3 aliphatic rings. The number of carbonyl (C=O) groups is 2. The summed E-state index contributed by atoms with van der Waals surface area (Å²) in [5.74, 6) is -0.998. The van der Waals surface area contributed by atoms with Crippen molar-refractivity contribution in [3.05, 3.63) is 46.2 Å². The number of amides is 2. The summed E-state index contributed by atoms with van der Waals surface area (Å²) in [6.07, 6.45) is 4.75. The third kappa shape index (κ3) is 2.32. The van der Waals surface area contributed by atoms with Gasteiger partial charge in [-0.2, -0.15) is 5.10 Å². The van der Waals surface area contributed by atoms with Gasteiger partial charge in [-0.1, -0.05) is 29.3 Å². The molecular weight excluding hydrogens is 377 g/mol. The molecule has 134 valence electrons. The molecule has 26 heavy (non-hydrogen) atoms. The summed E-state index contributed by atoms with van der Waals surface area (Å²) < 4.78 is 7.43. The van der Waals surface area contributed by atoms with Gasteiger partial charge in [0.1, 0.15) is 0 Å². The van der Waals surface area contributed by atoms with Crippen molar-refractivity contribution in [1.82, 2.24) is 9.78 Å². The van der Waals surface area contributed by atoms with E-state index in [0.29, 0.717) is 22.3 Å². The number of imide groups is 1. The first-order chi connectivity index (χ1) is 12.5. The number of benzene rings is 1. The molecule has 0 aliphatic carbocycles. The second-order valence-electron chi connectivity index (χ2n) is 7.00. The normalized spacial score (nSPS) is 29.7. The highest BCUT2D eigenvalue weighted by Gasteiger charge is 2.62. The minimum atomic E-state index is -0.334. The van der Waals surface area contributed by atoms with E-state index in [-0.39, 0.29) is 35.9 Å². The molecule has 4 atom stereocenters. The standard InChI is InChI=1S/C18H15Cl2N3O3/c19-11-2-1-9(5-12(11)20)7-22-8-10(6-21-22)23-17(24)15-13-3-4-14(26-13)16(15)18(23)25/h1-2,5-6,8,13-16H,3-4,7H2/t13-,14-,15-,16-/m1/s1. The highest BCUT2D eigenvalue weighted by molar-refractivity contribution is 6.42. The fraction of sp³-hybridized carbons (Fsp3) is 0.389. The molecule has 5 rings (SSSR count). The molecule has 2 bridgehead atoms. The number of hydrogen-bond acceptors (Lipinski definition) is 4. The summed E-state index contributed by atoms with van der Waals surface area (Å²) in [6, 6.07) is 5.37. The molecule has 0 radical (unpaired) electrons. The molecule has 0 saturated carbocycles. The third-order valence-corrected chi connectivity index (χ3v) is 6.23. The van der Waals surface area contributed by atoms with Crippen LogP contribution in [-0.2, 0) is 20.9 Å². The topological polar surface area (TPSA) is 64.4 Å². The van der Waals surface area contributed by atoms with Crippen molar-refractivity contribution in [2.75, 3.05) is 4.90 Å². The van der Waals surface area contributed by atoms with Crippen molar-refractivity contribution in [1.29, 1.82) is 0 Å². The molecule has 1 aromatic carbocycles. The number of carbonyl (C=O) groups excluding carboxylic acids is 2. The van der Waals surface area contributed by atoms with Crippen LogP contribution in [0.5, 0.6) is 0 Å². The highest BCUT2D eigenvalue weighted by Crippen LogP contribution is 2.49. The SMILES string of the molecule is O=C1[C@H]2[C@H](C(=O)N1c1cnn(Cc3ccc(Cl)c(Cl)c3)c1)[C@H]1CC[C@H]2O1. The van der Waals surface area contributed by atoms with Crippen molar-refractivity contribution in [2.45, 2.75) is 31.6 Å². The zero-order valence-electron chi connectivity index (χ0n) is 13.6. The lowest BCUT2D eigenvalue weighted by Crippen LogP contribution is -2.33. The van der Waals surface area contributed by atoms with Gasteiger partial charge in [-0.25, -0.2) is 4.90 Å². The largest absolute Gasteiger partial charge is 0.373 e. The Morgan fingerprint density at radius 2 is 1.77 bits per heavy atom. The molecule has 2 amide bonds. The molecule has 8 heteroatoms. The summed E-state index contributed by atoms with van der Waals surface area (Å²) in [5.41, 5.74) is 1.44. The van der Waals surface area contributed by atoms with Gasteiger partial charge in [-0.15, -0.1) is 0 Å². The van der Waals surface area contributed by atoms with E-state index < -0.39 is 0 Å². The van der Waals surface area contributed by atoms with Crippen molar-refractivity contribution in [3.8, 4) is 0 Å². The van der Waals surface area contributed by atoms with E-state index in [0.717, 1.165) is 18.4 Å². The van der Waals surface area contributed by atoms with Crippen molar-refractivity contribution >= 4 is 40.7 Å². The van der Waals surface area contributed by atoms with Crippen LogP contribution in [-0.4, -0.2) is 33.8 Å². The Morgan fingerprint density at radius 3 is 2.42 bits per heavy atom. The Morgan fingerprint density at radius 1 is 1.08 bits per heavy atom. The molecule has 3 aliphatic heterocycles. The van der Waals surface area contributed by atoms with E-state index in [1.807, 2.05) is 6.07 Å². The van der Waals surface area contributed by atoms with Gasteiger partial charge in [0.2, 0.25) is 11.8 Å². The smallest absolute Gasteiger partial charge is 0.240 e. The second kappa shape index (κ2) is 5.81. The average Bonchev–Trinajstić information content (AvgIpc) is 3.36. The lowest BCUT2D eigenvalue weighted by Gasteiger charge is -2.15. The van der Waals surface area contributed by atoms with E-state index in [1.54, 1.807) is 29.2 Å². The number of fused-ring (bicyclic) bond motifs is 5. The van der Waals surface area contributed by atoms with Crippen molar-refractivity contribution < 1.29 is 14.3 Å². The van der Waals surface area contributed by atoms with Crippen LogP contribution in [0.1, 0.15) is 18.4 Å². The van der Waals surface area contributed by atoms with Crippen molar-refractivity contribution in [2.24, 2.45) is 11.8 Å². The minimum Gasteiger partial charge on any atom is -0.373 e. The Kier molecular flexibility index (Phi) is 3.64. The predicted molar refractivity (Wildman–Crippen MR) is 95.2 cm³/mol. The molecular formula is C18H15Cl2N3O3.